The van der Waals surface area contributed by atoms with E-state index >= 15 is 0 Å². The average molecular weight is 383 g/mol. The van der Waals surface area contributed by atoms with Crippen LogP contribution in [0.4, 0.5) is 0 Å². The maximum atomic E-state index is 5.94. The highest BCUT2D eigenvalue weighted by Gasteiger charge is 2.04. The van der Waals surface area contributed by atoms with Crippen molar-refractivity contribution < 1.29 is 9.15 Å². The van der Waals surface area contributed by atoms with Gasteiger partial charge in [0.1, 0.15) is 29.7 Å². The maximum absolute atomic E-state index is 5.94. The Labute approximate surface area is 152 Å². The van der Waals surface area contributed by atoms with Crippen molar-refractivity contribution in [1.82, 2.24) is 14.9 Å². The van der Waals surface area contributed by atoms with E-state index in [9.17, 15) is 0 Å². The van der Waals surface area contributed by atoms with Gasteiger partial charge in [-0.15, -0.1) is 0 Å². The summed E-state index contributed by atoms with van der Waals surface area (Å²) < 4.78 is 13.2. The summed E-state index contributed by atoms with van der Waals surface area (Å²) in [5, 5.41) is 11.8. The normalized spacial score (nSPS) is 11.3. The smallest absolute Gasteiger partial charge is 0.216 e. The predicted molar refractivity (Wildman–Crippen MR) is 94.6 cm³/mol. The van der Waals surface area contributed by atoms with E-state index in [0.29, 0.717) is 37.9 Å². The van der Waals surface area contributed by atoms with Gasteiger partial charge in [-0.1, -0.05) is 23.2 Å². The number of hydrogen-bond acceptors (Lipinski definition) is 5. The number of aryl methyl sites for hydroxylation is 1. The zero-order valence-electron chi connectivity index (χ0n) is 12.5. The highest BCUT2D eigenvalue weighted by atomic mass is 35.5. The van der Waals surface area contributed by atoms with Gasteiger partial charge in [0.15, 0.2) is 0 Å². The van der Waals surface area contributed by atoms with Crippen LogP contribution in [-0.2, 0) is 6.61 Å². The van der Waals surface area contributed by atoms with Gasteiger partial charge in [-0.25, -0.2) is 0 Å². The first kappa shape index (κ1) is 16.8. The molecule has 24 heavy (non-hydrogen) atoms. The first-order valence-electron chi connectivity index (χ1n) is 6.88. The molecule has 0 aliphatic rings. The molecule has 0 radical (unpaired) electrons. The van der Waals surface area contributed by atoms with E-state index < -0.39 is 0 Å². The summed E-state index contributed by atoms with van der Waals surface area (Å²) in [6.07, 6.45) is 1.56. The molecule has 2 heterocycles. The van der Waals surface area contributed by atoms with Gasteiger partial charge in [-0.2, -0.15) is 14.9 Å². The lowest BCUT2D eigenvalue weighted by Crippen LogP contribution is -1.94. The zero-order valence-corrected chi connectivity index (χ0v) is 14.8. The number of benzene rings is 1. The van der Waals surface area contributed by atoms with E-state index in [1.54, 1.807) is 43.5 Å². The molecular formula is C15H12Cl2N4O2S. The van der Waals surface area contributed by atoms with Gasteiger partial charge in [0, 0.05) is 6.07 Å². The quantitative estimate of drug-likeness (QED) is 0.516. The second-order valence-electron chi connectivity index (χ2n) is 4.80. The van der Waals surface area contributed by atoms with Crippen LogP contribution >= 0.6 is 35.4 Å². The molecule has 0 atom stereocenters. The van der Waals surface area contributed by atoms with Gasteiger partial charge < -0.3 is 9.15 Å². The van der Waals surface area contributed by atoms with Crippen molar-refractivity contribution in [3.63, 3.8) is 0 Å². The van der Waals surface area contributed by atoms with E-state index in [1.807, 2.05) is 0 Å². The molecular weight excluding hydrogens is 371 g/mol. The molecule has 0 bridgehead atoms. The van der Waals surface area contributed by atoms with Crippen molar-refractivity contribution in [2.24, 2.45) is 5.10 Å². The van der Waals surface area contributed by atoms with Crippen LogP contribution in [0.15, 0.2) is 39.9 Å². The molecule has 0 unspecified atom stereocenters. The minimum Gasteiger partial charge on any atom is -0.486 e. The molecule has 6 nitrogen and oxygen atoms in total. The number of hydrogen-bond donors (Lipinski definition) is 1. The molecule has 2 aromatic heterocycles. The summed E-state index contributed by atoms with van der Waals surface area (Å²) in [5.74, 6) is 2.49. The van der Waals surface area contributed by atoms with Crippen LogP contribution in [0.2, 0.25) is 10.0 Å². The Kier molecular flexibility index (Phi) is 5.03. The molecule has 0 fully saturated rings. The molecule has 0 aliphatic heterocycles. The summed E-state index contributed by atoms with van der Waals surface area (Å²) in [4.78, 5) is 0. The van der Waals surface area contributed by atoms with Crippen molar-refractivity contribution >= 4 is 41.6 Å². The molecule has 0 amide bonds. The Morgan fingerprint density at radius 3 is 2.88 bits per heavy atom. The fourth-order valence-corrected chi connectivity index (χ4v) is 2.40. The fourth-order valence-electron chi connectivity index (χ4n) is 1.88. The molecule has 9 heteroatoms. The molecule has 0 aliphatic carbocycles. The third-order valence-corrected chi connectivity index (χ3v) is 4.07. The third-order valence-electron chi connectivity index (χ3n) is 3.07. The highest BCUT2D eigenvalue weighted by Crippen LogP contribution is 2.26. The summed E-state index contributed by atoms with van der Waals surface area (Å²) in [6.45, 7) is 2.05. The lowest BCUT2D eigenvalue weighted by atomic mass is 10.3. The van der Waals surface area contributed by atoms with Crippen molar-refractivity contribution in [3.8, 4) is 5.75 Å². The zero-order chi connectivity index (χ0) is 17.1. The monoisotopic (exact) mass is 382 g/mol. The number of halogens is 2. The Hall–Kier alpha value is -2.09. The number of aromatic amines is 1. The van der Waals surface area contributed by atoms with Crippen molar-refractivity contribution in [2.75, 3.05) is 0 Å². The van der Waals surface area contributed by atoms with Gasteiger partial charge in [0.2, 0.25) is 4.77 Å². The molecule has 0 saturated heterocycles. The van der Waals surface area contributed by atoms with Gasteiger partial charge in [0.05, 0.1) is 16.3 Å². The lowest BCUT2D eigenvalue weighted by molar-refractivity contribution is 0.270. The Bertz CT molecular complexity index is 945. The molecule has 124 valence electrons. The summed E-state index contributed by atoms with van der Waals surface area (Å²) in [5.41, 5.74) is 0. The number of ether oxygens (including phenoxy) is 1. The van der Waals surface area contributed by atoms with Crippen molar-refractivity contribution in [1.29, 1.82) is 0 Å². The minimum atomic E-state index is 0.260. The number of rotatable bonds is 5. The van der Waals surface area contributed by atoms with E-state index in [1.165, 1.54) is 4.68 Å². The van der Waals surface area contributed by atoms with Gasteiger partial charge in [0.25, 0.3) is 0 Å². The van der Waals surface area contributed by atoms with E-state index in [-0.39, 0.29) is 6.61 Å². The average Bonchev–Trinajstić information content (AvgIpc) is 3.14. The lowest BCUT2D eigenvalue weighted by Gasteiger charge is -2.05. The molecule has 3 rings (SSSR count). The van der Waals surface area contributed by atoms with Crippen LogP contribution in [0.5, 0.6) is 5.75 Å². The van der Waals surface area contributed by atoms with Crippen LogP contribution in [0.1, 0.15) is 17.3 Å². The maximum Gasteiger partial charge on any atom is 0.216 e. The van der Waals surface area contributed by atoms with Gasteiger partial charge in [-0.3, -0.25) is 5.10 Å². The van der Waals surface area contributed by atoms with E-state index in [4.69, 9.17) is 44.6 Å². The summed E-state index contributed by atoms with van der Waals surface area (Å²) in [7, 11) is 0. The molecule has 0 spiro atoms. The Morgan fingerprint density at radius 2 is 2.17 bits per heavy atom. The minimum absolute atomic E-state index is 0.260. The van der Waals surface area contributed by atoms with Gasteiger partial charge in [-0.05, 0) is 43.4 Å². The molecule has 1 aromatic carbocycles. The number of nitrogens with one attached hydrogen (secondary N) is 1. The predicted octanol–water partition coefficient (Wildman–Crippen LogP) is 4.61. The van der Waals surface area contributed by atoms with Crippen LogP contribution in [0.3, 0.4) is 0 Å². The Balaban J connectivity index is 1.65. The van der Waals surface area contributed by atoms with Crippen LogP contribution in [0.25, 0.3) is 0 Å². The van der Waals surface area contributed by atoms with Crippen LogP contribution in [0, 0.1) is 11.7 Å². The van der Waals surface area contributed by atoms with Crippen molar-refractivity contribution in [2.45, 2.75) is 13.5 Å². The summed E-state index contributed by atoms with van der Waals surface area (Å²) in [6, 6.07) is 8.66. The largest absolute Gasteiger partial charge is 0.486 e. The number of nitrogens with zero attached hydrogens (tertiary/aromatic N) is 3. The third kappa shape index (κ3) is 3.87. The molecule has 0 saturated carbocycles. The number of H-pyrrole nitrogens is 1. The van der Waals surface area contributed by atoms with E-state index in [0.717, 1.165) is 0 Å². The Morgan fingerprint density at radius 1 is 1.33 bits per heavy atom. The summed E-state index contributed by atoms with van der Waals surface area (Å²) >= 11 is 16.9. The first-order chi connectivity index (χ1) is 11.5. The van der Waals surface area contributed by atoms with Crippen LogP contribution in [-0.4, -0.2) is 21.1 Å². The first-order valence-corrected chi connectivity index (χ1v) is 8.04. The second kappa shape index (κ2) is 7.21. The standard InChI is InChI=1S/C15H12Cl2N4O2S/c1-9-19-20-15(24)21(9)18-7-11-2-3-12(23-11)8-22-10-4-5-13(16)14(17)6-10/h2-7H,8H2,1H3,(H,20,24). The molecule has 3 aromatic rings. The topological polar surface area (TPSA) is 68.3 Å². The fraction of sp³-hybridized carbons (Fsp3) is 0.133. The molecule has 1 N–H and O–H groups in total. The van der Waals surface area contributed by atoms with E-state index in [2.05, 4.69) is 15.3 Å². The van der Waals surface area contributed by atoms with Crippen molar-refractivity contribution in [3.05, 3.63) is 62.5 Å². The number of furan rings is 1. The van der Waals surface area contributed by atoms with Gasteiger partial charge >= 0.3 is 0 Å². The second-order valence-corrected chi connectivity index (χ2v) is 6.00. The SMILES string of the molecule is Cc1n[nH]c(=S)n1N=Cc1ccc(COc2ccc(Cl)c(Cl)c2)o1. The van der Waals surface area contributed by atoms with Crippen LogP contribution < -0.4 is 4.74 Å². The highest BCUT2D eigenvalue weighted by molar-refractivity contribution is 7.71. The number of aromatic nitrogens is 3.